The van der Waals surface area contributed by atoms with Crippen LogP contribution in [0.2, 0.25) is 5.02 Å². The van der Waals surface area contributed by atoms with E-state index in [2.05, 4.69) is 4.98 Å². The van der Waals surface area contributed by atoms with Crippen LogP contribution in [0.25, 0.3) is 5.76 Å². The number of hydrogen-bond acceptors (Lipinski definition) is 4. The van der Waals surface area contributed by atoms with E-state index >= 15 is 0 Å². The van der Waals surface area contributed by atoms with Crippen molar-refractivity contribution >= 4 is 29.1 Å². The maximum atomic E-state index is 12.8. The number of ketones is 1. The van der Waals surface area contributed by atoms with Crippen molar-refractivity contribution < 1.29 is 19.6 Å². The number of likely N-dealkylation sites (tertiary alicyclic amines) is 1. The number of aliphatic hydroxyl groups is 1. The van der Waals surface area contributed by atoms with Gasteiger partial charge in [0.1, 0.15) is 5.76 Å². The van der Waals surface area contributed by atoms with Crippen LogP contribution in [-0.2, 0) is 9.59 Å². The summed E-state index contributed by atoms with van der Waals surface area (Å²) in [4.78, 5) is 32.3. The molecule has 2 heterocycles. The number of quaternary nitrogens is 1. The van der Waals surface area contributed by atoms with Crippen LogP contribution in [-0.4, -0.2) is 53.9 Å². The zero-order valence-corrected chi connectivity index (χ0v) is 16.6. The highest BCUT2D eigenvalue weighted by molar-refractivity contribution is 6.46. The van der Waals surface area contributed by atoms with Gasteiger partial charge in [0.2, 0.25) is 0 Å². The van der Waals surface area contributed by atoms with Crippen molar-refractivity contribution in [3.05, 3.63) is 70.5 Å². The number of rotatable bonds is 6. The summed E-state index contributed by atoms with van der Waals surface area (Å²) in [5, 5.41) is 11.4. The van der Waals surface area contributed by atoms with E-state index in [4.69, 9.17) is 11.6 Å². The maximum Gasteiger partial charge on any atom is 0.295 e. The van der Waals surface area contributed by atoms with Crippen molar-refractivity contribution in [3.8, 4) is 0 Å². The lowest BCUT2D eigenvalue weighted by molar-refractivity contribution is -0.858. The molecular formula is C21H23ClN3O3+. The van der Waals surface area contributed by atoms with Crippen LogP contribution in [0, 0.1) is 0 Å². The second-order valence-electron chi connectivity index (χ2n) is 7.09. The summed E-state index contributed by atoms with van der Waals surface area (Å²) in [7, 11) is 4.07. The second-order valence-corrected chi connectivity index (χ2v) is 7.53. The number of benzene rings is 1. The number of nitrogens with zero attached hydrogens (tertiary/aromatic N) is 2. The zero-order chi connectivity index (χ0) is 20.3. The standard InChI is InChI=1S/C21H22ClN3O3/c1-24(2)12-3-13-25-18(14-4-6-16(22)7-5-14)17(20(27)21(25)28)19(26)15-8-10-23-11-9-15/h4-11,18,26H,3,12-13H2,1-2H3/p+1/b19-17+/t18-/m0/s1. The molecule has 1 aliphatic rings. The summed E-state index contributed by atoms with van der Waals surface area (Å²) in [6.45, 7) is 1.29. The number of carbonyl (C=O) groups excluding carboxylic acids is 2. The zero-order valence-electron chi connectivity index (χ0n) is 15.9. The quantitative estimate of drug-likeness (QED) is 0.439. The Morgan fingerprint density at radius 2 is 1.79 bits per heavy atom. The number of hydrogen-bond donors (Lipinski definition) is 2. The number of nitrogens with one attached hydrogen (secondary N) is 1. The minimum atomic E-state index is -0.675. The second kappa shape index (κ2) is 8.54. The van der Waals surface area contributed by atoms with Gasteiger partial charge in [-0.3, -0.25) is 14.6 Å². The van der Waals surface area contributed by atoms with Gasteiger partial charge in [0, 0.05) is 35.9 Å². The minimum absolute atomic E-state index is 0.0933. The highest BCUT2D eigenvalue weighted by atomic mass is 35.5. The summed E-state index contributed by atoms with van der Waals surface area (Å²) in [5.41, 5.74) is 1.27. The van der Waals surface area contributed by atoms with E-state index in [0.29, 0.717) is 17.1 Å². The smallest absolute Gasteiger partial charge is 0.295 e. The Balaban J connectivity index is 2.07. The third-order valence-electron chi connectivity index (χ3n) is 4.76. The average Bonchev–Trinajstić information content (AvgIpc) is 2.93. The molecule has 1 atom stereocenters. The number of amides is 1. The van der Waals surface area contributed by atoms with Crippen molar-refractivity contribution in [3.63, 3.8) is 0 Å². The summed E-state index contributed by atoms with van der Waals surface area (Å²) in [5.74, 6) is -1.46. The highest BCUT2D eigenvalue weighted by Gasteiger charge is 2.45. The van der Waals surface area contributed by atoms with Gasteiger partial charge in [0.15, 0.2) is 0 Å². The predicted molar refractivity (Wildman–Crippen MR) is 107 cm³/mol. The van der Waals surface area contributed by atoms with Gasteiger partial charge in [-0.2, -0.15) is 0 Å². The first-order valence-electron chi connectivity index (χ1n) is 9.13. The normalized spacial score (nSPS) is 18.9. The first-order chi connectivity index (χ1) is 13.4. The topological polar surface area (TPSA) is 74.9 Å². The van der Waals surface area contributed by atoms with E-state index in [0.717, 1.165) is 18.5 Å². The summed E-state index contributed by atoms with van der Waals surface area (Å²) >= 11 is 6.01. The number of aliphatic hydroxyl groups excluding tert-OH is 1. The molecule has 7 heteroatoms. The molecule has 1 aliphatic heterocycles. The van der Waals surface area contributed by atoms with Crippen LogP contribution in [0.15, 0.2) is 54.4 Å². The summed E-state index contributed by atoms with van der Waals surface area (Å²) in [6, 6.07) is 9.56. The first kappa shape index (κ1) is 20.0. The molecule has 28 heavy (non-hydrogen) atoms. The molecular weight excluding hydrogens is 378 g/mol. The number of pyridine rings is 1. The molecule has 6 nitrogen and oxygen atoms in total. The Morgan fingerprint density at radius 3 is 2.39 bits per heavy atom. The maximum absolute atomic E-state index is 12.8. The Labute approximate surface area is 169 Å². The van der Waals surface area contributed by atoms with Crippen molar-refractivity contribution in [2.45, 2.75) is 12.5 Å². The van der Waals surface area contributed by atoms with E-state index in [1.807, 2.05) is 14.1 Å². The van der Waals surface area contributed by atoms with E-state index < -0.39 is 17.7 Å². The van der Waals surface area contributed by atoms with Crippen LogP contribution in [0.5, 0.6) is 0 Å². The molecule has 2 N–H and O–H groups in total. The summed E-state index contributed by atoms with van der Waals surface area (Å²) < 4.78 is 0. The van der Waals surface area contributed by atoms with Gasteiger partial charge >= 0.3 is 0 Å². The Kier molecular flexibility index (Phi) is 6.11. The Bertz CT molecular complexity index is 895. The molecule has 2 aromatic rings. The molecule has 1 fully saturated rings. The van der Waals surface area contributed by atoms with E-state index in [1.165, 1.54) is 17.3 Å². The molecule has 3 rings (SSSR count). The van der Waals surface area contributed by atoms with Crippen LogP contribution in [0.1, 0.15) is 23.6 Å². The molecule has 1 aromatic carbocycles. The average molecular weight is 401 g/mol. The lowest BCUT2D eigenvalue weighted by Crippen LogP contribution is -3.05. The number of carbonyl (C=O) groups is 2. The predicted octanol–water partition coefficient (Wildman–Crippen LogP) is 1.69. The third-order valence-corrected chi connectivity index (χ3v) is 5.01. The number of halogens is 1. The van der Waals surface area contributed by atoms with Gasteiger partial charge < -0.3 is 14.9 Å². The fourth-order valence-electron chi connectivity index (χ4n) is 3.37. The Hall–Kier alpha value is -2.70. The largest absolute Gasteiger partial charge is 0.507 e. The molecule has 0 saturated carbocycles. The minimum Gasteiger partial charge on any atom is -0.507 e. The highest BCUT2D eigenvalue weighted by Crippen LogP contribution is 2.39. The van der Waals surface area contributed by atoms with Crippen molar-refractivity contribution in [1.29, 1.82) is 0 Å². The van der Waals surface area contributed by atoms with E-state index in [9.17, 15) is 14.7 Å². The van der Waals surface area contributed by atoms with Gasteiger partial charge in [0.25, 0.3) is 11.7 Å². The Morgan fingerprint density at radius 1 is 1.14 bits per heavy atom. The molecule has 1 amide bonds. The van der Waals surface area contributed by atoms with E-state index in [-0.39, 0.29) is 11.3 Å². The van der Waals surface area contributed by atoms with Crippen molar-refractivity contribution in [1.82, 2.24) is 9.88 Å². The number of Topliss-reactive ketones (excluding diaryl/α,β-unsaturated/α-hetero) is 1. The van der Waals surface area contributed by atoms with Crippen LogP contribution in [0.3, 0.4) is 0 Å². The van der Waals surface area contributed by atoms with Gasteiger partial charge in [-0.15, -0.1) is 0 Å². The van der Waals surface area contributed by atoms with E-state index in [1.54, 1.807) is 41.3 Å². The molecule has 146 valence electrons. The van der Waals surface area contributed by atoms with Crippen molar-refractivity contribution in [2.24, 2.45) is 0 Å². The molecule has 0 radical (unpaired) electrons. The van der Waals surface area contributed by atoms with Crippen molar-refractivity contribution in [2.75, 3.05) is 27.2 Å². The lowest BCUT2D eigenvalue weighted by atomic mass is 9.95. The van der Waals surface area contributed by atoms with Gasteiger partial charge in [-0.1, -0.05) is 23.7 Å². The SMILES string of the molecule is C[NH+](C)CCCN1C(=O)C(=O)/C(=C(/O)c2ccncc2)[C@@H]1c1ccc(Cl)cc1. The van der Waals surface area contributed by atoms with Gasteiger partial charge in [-0.25, -0.2) is 0 Å². The number of aromatic nitrogens is 1. The molecule has 1 aromatic heterocycles. The molecule has 0 bridgehead atoms. The molecule has 0 aliphatic carbocycles. The van der Waals surface area contributed by atoms with Gasteiger partial charge in [-0.05, 0) is 29.8 Å². The van der Waals surface area contributed by atoms with Crippen LogP contribution >= 0.6 is 11.6 Å². The lowest BCUT2D eigenvalue weighted by Gasteiger charge is -2.25. The first-order valence-corrected chi connectivity index (χ1v) is 9.51. The van der Waals surface area contributed by atoms with Crippen LogP contribution < -0.4 is 4.90 Å². The fourth-order valence-corrected chi connectivity index (χ4v) is 3.50. The fraction of sp³-hybridized carbons (Fsp3) is 0.286. The molecule has 0 spiro atoms. The monoisotopic (exact) mass is 400 g/mol. The third kappa shape index (κ3) is 4.08. The van der Waals surface area contributed by atoms with Crippen LogP contribution in [0.4, 0.5) is 0 Å². The molecule has 1 saturated heterocycles. The van der Waals surface area contributed by atoms with Gasteiger partial charge in [0.05, 0.1) is 32.3 Å². The molecule has 0 unspecified atom stereocenters. The summed E-state index contributed by atoms with van der Waals surface area (Å²) in [6.07, 6.45) is 3.80.